The summed E-state index contributed by atoms with van der Waals surface area (Å²) < 4.78 is 8.41. The predicted octanol–water partition coefficient (Wildman–Crippen LogP) is 1.81. The largest absolute Gasteiger partial charge is 0.488 e. The molecule has 0 bridgehead atoms. The number of nitrogens with zero attached hydrogens (tertiary/aromatic N) is 3. The fourth-order valence-electron chi connectivity index (χ4n) is 3.36. The Morgan fingerprint density at radius 1 is 1.08 bits per heavy atom. The number of benzene rings is 1. The number of rotatable bonds is 0. The van der Waals surface area contributed by atoms with Crippen LogP contribution in [0.3, 0.4) is 0 Å². The monoisotopic (exact) mass is 323 g/mol. The van der Waals surface area contributed by atoms with Crippen molar-refractivity contribution in [3.05, 3.63) is 55.7 Å². The molecule has 0 atom stereocenters. The molecule has 122 valence electrons. The SMILES string of the molecule is Cc1cc(C)c2c(c1)OCc1cc3c(nc1-2)c(=O)n(C)c(=O)n3C. The molecule has 3 aromatic rings. The molecule has 1 aliphatic heterocycles. The molecule has 0 saturated heterocycles. The van der Waals surface area contributed by atoms with Gasteiger partial charge in [-0.1, -0.05) is 6.07 Å². The molecular formula is C18H17N3O3. The van der Waals surface area contributed by atoms with Crippen LogP contribution in [0.15, 0.2) is 27.8 Å². The van der Waals surface area contributed by atoms with E-state index in [4.69, 9.17) is 4.74 Å². The Kier molecular flexibility index (Phi) is 2.94. The zero-order valence-electron chi connectivity index (χ0n) is 14.0. The van der Waals surface area contributed by atoms with Gasteiger partial charge in [0.15, 0.2) is 5.52 Å². The molecule has 0 fully saturated rings. The number of pyridine rings is 1. The lowest BCUT2D eigenvalue weighted by Crippen LogP contribution is -2.37. The topological polar surface area (TPSA) is 66.1 Å². The van der Waals surface area contributed by atoms with E-state index < -0.39 is 0 Å². The fourth-order valence-corrected chi connectivity index (χ4v) is 3.36. The van der Waals surface area contributed by atoms with Gasteiger partial charge in [-0.2, -0.15) is 0 Å². The number of ether oxygens (including phenoxy) is 1. The van der Waals surface area contributed by atoms with Crippen LogP contribution in [0.4, 0.5) is 0 Å². The number of fused-ring (bicyclic) bond motifs is 4. The average Bonchev–Trinajstić information content (AvgIpc) is 2.56. The molecule has 2 aromatic heterocycles. The van der Waals surface area contributed by atoms with E-state index in [0.29, 0.717) is 17.6 Å². The molecule has 6 nitrogen and oxygen atoms in total. The maximum atomic E-state index is 12.5. The highest BCUT2D eigenvalue weighted by molar-refractivity contribution is 5.83. The van der Waals surface area contributed by atoms with Crippen molar-refractivity contribution in [2.45, 2.75) is 20.5 Å². The number of aromatic nitrogens is 3. The van der Waals surface area contributed by atoms with Crippen molar-refractivity contribution in [2.75, 3.05) is 0 Å². The second kappa shape index (κ2) is 4.80. The van der Waals surface area contributed by atoms with Gasteiger partial charge in [0.25, 0.3) is 5.56 Å². The molecule has 1 aliphatic rings. The first-order valence-electron chi connectivity index (χ1n) is 7.72. The van der Waals surface area contributed by atoms with Gasteiger partial charge in [0.05, 0.1) is 11.2 Å². The summed E-state index contributed by atoms with van der Waals surface area (Å²) >= 11 is 0. The van der Waals surface area contributed by atoms with E-state index in [1.165, 1.54) is 11.6 Å². The van der Waals surface area contributed by atoms with E-state index in [1.54, 1.807) is 7.05 Å². The Morgan fingerprint density at radius 3 is 2.58 bits per heavy atom. The molecule has 0 saturated carbocycles. The van der Waals surface area contributed by atoms with Crippen LogP contribution in [-0.2, 0) is 20.7 Å². The Morgan fingerprint density at radius 2 is 1.83 bits per heavy atom. The first-order chi connectivity index (χ1) is 11.4. The fraction of sp³-hybridized carbons (Fsp3) is 0.278. The highest BCUT2D eigenvalue weighted by Gasteiger charge is 2.23. The summed E-state index contributed by atoms with van der Waals surface area (Å²) in [6, 6.07) is 5.89. The van der Waals surface area contributed by atoms with E-state index in [2.05, 4.69) is 11.1 Å². The summed E-state index contributed by atoms with van der Waals surface area (Å²) in [7, 11) is 3.11. The van der Waals surface area contributed by atoms with Crippen LogP contribution in [0.5, 0.6) is 5.75 Å². The highest BCUT2D eigenvalue weighted by atomic mass is 16.5. The first kappa shape index (κ1) is 14.7. The normalized spacial score (nSPS) is 12.7. The Hall–Kier alpha value is -2.89. The van der Waals surface area contributed by atoms with Crippen molar-refractivity contribution in [1.29, 1.82) is 0 Å². The minimum absolute atomic E-state index is 0.297. The van der Waals surface area contributed by atoms with Crippen LogP contribution in [0.1, 0.15) is 16.7 Å². The van der Waals surface area contributed by atoms with Crippen LogP contribution in [0.25, 0.3) is 22.3 Å². The number of aryl methyl sites for hydroxylation is 3. The van der Waals surface area contributed by atoms with Gasteiger partial charge in [-0.3, -0.25) is 13.9 Å². The van der Waals surface area contributed by atoms with E-state index >= 15 is 0 Å². The zero-order chi connectivity index (χ0) is 17.2. The molecule has 0 amide bonds. The second-order valence-electron chi connectivity index (χ2n) is 6.31. The molecule has 4 rings (SSSR count). The van der Waals surface area contributed by atoms with Crippen molar-refractivity contribution in [3.8, 4) is 17.0 Å². The maximum absolute atomic E-state index is 12.5. The second-order valence-corrected chi connectivity index (χ2v) is 6.31. The van der Waals surface area contributed by atoms with Crippen LogP contribution in [-0.4, -0.2) is 14.1 Å². The molecule has 0 unspecified atom stereocenters. The van der Waals surface area contributed by atoms with E-state index in [1.807, 2.05) is 26.0 Å². The standard InChI is InChI=1S/C18H17N3O3/c1-9-5-10(2)14-13(6-9)24-8-11-7-12-16(19-15(11)14)17(22)21(4)18(23)20(12)3/h5-7H,8H2,1-4H3. The van der Waals surface area contributed by atoms with Crippen molar-refractivity contribution >= 4 is 11.0 Å². The molecular weight excluding hydrogens is 306 g/mol. The summed E-state index contributed by atoms with van der Waals surface area (Å²) in [6.45, 7) is 4.40. The van der Waals surface area contributed by atoms with Gasteiger partial charge >= 0.3 is 5.69 Å². The predicted molar refractivity (Wildman–Crippen MR) is 91.5 cm³/mol. The molecule has 0 spiro atoms. The van der Waals surface area contributed by atoms with Crippen molar-refractivity contribution < 1.29 is 4.74 Å². The Balaban J connectivity index is 2.15. The third kappa shape index (κ3) is 1.86. The number of hydrogen-bond donors (Lipinski definition) is 0. The minimum atomic E-state index is -0.381. The Bertz CT molecular complexity index is 1140. The highest BCUT2D eigenvalue weighted by Crippen LogP contribution is 2.40. The lowest BCUT2D eigenvalue weighted by Gasteiger charge is -2.23. The summed E-state index contributed by atoms with van der Waals surface area (Å²) in [5.41, 5.74) is 4.81. The third-order valence-electron chi connectivity index (χ3n) is 4.59. The minimum Gasteiger partial charge on any atom is -0.488 e. The number of hydrogen-bond acceptors (Lipinski definition) is 4. The van der Waals surface area contributed by atoms with Gasteiger partial charge in [0.2, 0.25) is 0 Å². The lowest BCUT2D eigenvalue weighted by molar-refractivity contribution is 0.301. The summed E-state index contributed by atoms with van der Waals surface area (Å²) in [5.74, 6) is 0.786. The smallest absolute Gasteiger partial charge is 0.331 e. The molecule has 0 N–H and O–H groups in total. The summed E-state index contributed by atoms with van der Waals surface area (Å²) in [4.78, 5) is 29.3. The molecule has 1 aromatic carbocycles. The van der Waals surface area contributed by atoms with Crippen molar-refractivity contribution in [1.82, 2.24) is 14.1 Å². The van der Waals surface area contributed by atoms with Gasteiger partial charge in [-0.15, -0.1) is 0 Å². The van der Waals surface area contributed by atoms with Crippen LogP contribution in [0, 0.1) is 13.8 Å². The van der Waals surface area contributed by atoms with Gasteiger partial charge in [-0.25, -0.2) is 9.78 Å². The molecule has 24 heavy (non-hydrogen) atoms. The van der Waals surface area contributed by atoms with E-state index in [0.717, 1.165) is 38.3 Å². The van der Waals surface area contributed by atoms with Crippen molar-refractivity contribution in [3.63, 3.8) is 0 Å². The van der Waals surface area contributed by atoms with Gasteiger partial charge in [0, 0.05) is 25.2 Å². The van der Waals surface area contributed by atoms with Gasteiger partial charge < -0.3 is 4.74 Å². The summed E-state index contributed by atoms with van der Waals surface area (Å²) in [5, 5.41) is 0. The Labute approximate surface area is 138 Å². The molecule has 6 heteroatoms. The van der Waals surface area contributed by atoms with Crippen LogP contribution >= 0.6 is 0 Å². The quantitative estimate of drug-likeness (QED) is 0.633. The zero-order valence-corrected chi connectivity index (χ0v) is 14.0. The maximum Gasteiger partial charge on any atom is 0.331 e. The lowest BCUT2D eigenvalue weighted by atomic mass is 9.96. The van der Waals surface area contributed by atoms with Crippen molar-refractivity contribution in [2.24, 2.45) is 14.1 Å². The summed E-state index contributed by atoms with van der Waals surface area (Å²) in [6.07, 6.45) is 0. The molecule has 0 radical (unpaired) electrons. The molecule has 0 aliphatic carbocycles. The third-order valence-corrected chi connectivity index (χ3v) is 4.59. The van der Waals surface area contributed by atoms with E-state index in [9.17, 15) is 9.59 Å². The average molecular weight is 323 g/mol. The van der Waals surface area contributed by atoms with Crippen LogP contribution < -0.4 is 16.0 Å². The van der Waals surface area contributed by atoms with E-state index in [-0.39, 0.29) is 11.2 Å². The van der Waals surface area contributed by atoms with Gasteiger partial charge in [-0.05, 0) is 37.1 Å². The first-order valence-corrected chi connectivity index (χ1v) is 7.72. The van der Waals surface area contributed by atoms with Gasteiger partial charge in [0.1, 0.15) is 12.4 Å². The van der Waals surface area contributed by atoms with Crippen LogP contribution in [0.2, 0.25) is 0 Å². The molecule has 3 heterocycles.